The van der Waals surface area contributed by atoms with Crippen molar-refractivity contribution in [2.75, 3.05) is 32.8 Å². The fourth-order valence-corrected chi connectivity index (χ4v) is 5.40. The van der Waals surface area contributed by atoms with Crippen LogP contribution >= 0.6 is 28.1 Å². The minimum atomic E-state index is -0.112. The normalized spacial score (nSPS) is 27.4. The van der Waals surface area contributed by atoms with Gasteiger partial charge in [0.25, 0.3) is 0 Å². The van der Waals surface area contributed by atoms with Crippen molar-refractivity contribution in [1.82, 2.24) is 14.5 Å². The van der Waals surface area contributed by atoms with Crippen LogP contribution in [0.5, 0.6) is 0 Å². The van der Waals surface area contributed by atoms with E-state index in [2.05, 4.69) is 30.4 Å². The fourth-order valence-electron chi connectivity index (χ4n) is 4.76. The minimum Gasteiger partial charge on any atom is -0.379 e. The number of nitrogens with zero attached hydrogens (tertiary/aromatic N) is 2. The zero-order chi connectivity index (χ0) is 17.9. The van der Waals surface area contributed by atoms with E-state index in [-0.39, 0.29) is 11.2 Å². The lowest BCUT2D eigenvalue weighted by Crippen LogP contribution is -2.37. The van der Waals surface area contributed by atoms with E-state index in [4.69, 9.17) is 17.0 Å². The average molecular weight is 438 g/mol. The molecule has 0 bridgehead atoms. The summed E-state index contributed by atoms with van der Waals surface area (Å²) in [5, 5.41) is 0. The maximum atomic E-state index is 14.5. The summed E-state index contributed by atoms with van der Waals surface area (Å²) < 4.78 is 23.9. The first-order valence-electron chi connectivity index (χ1n) is 9.16. The first kappa shape index (κ1) is 17.1. The molecule has 3 heterocycles. The molecular weight excluding hydrogens is 417 g/mol. The second-order valence-electron chi connectivity index (χ2n) is 7.62. The molecule has 0 spiro atoms. The van der Waals surface area contributed by atoms with Gasteiger partial charge in [-0.2, -0.15) is 0 Å². The number of hydrogen-bond donors (Lipinski definition) is 1. The second-order valence-corrected chi connectivity index (χ2v) is 8.92. The van der Waals surface area contributed by atoms with Crippen LogP contribution in [0.25, 0.3) is 0 Å². The number of halogens is 2. The Morgan fingerprint density at radius 2 is 2.15 bits per heavy atom. The van der Waals surface area contributed by atoms with E-state index in [9.17, 15) is 4.39 Å². The second kappa shape index (κ2) is 6.26. The predicted molar refractivity (Wildman–Crippen MR) is 104 cm³/mol. The molecule has 1 aliphatic carbocycles. The quantitative estimate of drug-likeness (QED) is 0.739. The Balaban J connectivity index is 1.41. The van der Waals surface area contributed by atoms with E-state index in [1.807, 2.05) is 6.07 Å². The van der Waals surface area contributed by atoms with Crippen molar-refractivity contribution in [3.05, 3.63) is 50.2 Å². The lowest BCUT2D eigenvalue weighted by Gasteiger charge is -2.26. The number of morpholine rings is 1. The molecule has 0 radical (unpaired) electrons. The van der Waals surface area contributed by atoms with E-state index >= 15 is 0 Å². The topological polar surface area (TPSA) is 33.2 Å². The molecule has 2 atom stereocenters. The fraction of sp³-hybridized carbons (Fsp3) is 0.526. The first-order chi connectivity index (χ1) is 12.6. The van der Waals surface area contributed by atoms with Gasteiger partial charge in [0.2, 0.25) is 0 Å². The number of benzene rings is 1. The van der Waals surface area contributed by atoms with Crippen LogP contribution in [0.4, 0.5) is 4.39 Å². The van der Waals surface area contributed by atoms with Crippen molar-refractivity contribution in [2.45, 2.75) is 30.7 Å². The summed E-state index contributed by atoms with van der Waals surface area (Å²) in [4.78, 5) is 5.86. The van der Waals surface area contributed by atoms with Crippen LogP contribution in [-0.2, 0) is 23.1 Å². The highest BCUT2D eigenvalue weighted by Crippen LogP contribution is 2.66. The van der Waals surface area contributed by atoms with Gasteiger partial charge in [-0.1, -0.05) is 15.9 Å². The molecule has 1 saturated carbocycles. The van der Waals surface area contributed by atoms with Crippen molar-refractivity contribution in [2.24, 2.45) is 0 Å². The summed E-state index contributed by atoms with van der Waals surface area (Å²) in [6, 6.07) is 5.28. The number of aromatic nitrogens is 2. The Kier molecular flexibility index (Phi) is 4.12. The highest BCUT2D eigenvalue weighted by Gasteiger charge is 2.63. The zero-order valence-electron chi connectivity index (χ0n) is 14.4. The molecule has 1 aromatic heterocycles. The Morgan fingerprint density at radius 1 is 1.35 bits per heavy atom. The maximum Gasteiger partial charge on any atom is 0.177 e. The van der Waals surface area contributed by atoms with Gasteiger partial charge >= 0.3 is 0 Å². The molecule has 4 nitrogen and oxygen atoms in total. The molecule has 1 aromatic carbocycles. The molecule has 2 fully saturated rings. The summed E-state index contributed by atoms with van der Waals surface area (Å²) in [5.74, 6) is 0.269. The number of imidazole rings is 1. The smallest absolute Gasteiger partial charge is 0.177 e. The van der Waals surface area contributed by atoms with Crippen molar-refractivity contribution in [3.8, 4) is 0 Å². The monoisotopic (exact) mass is 437 g/mol. The molecule has 5 rings (SSSR count). The van der Waals surface area contributed by atoms with Crippen LogP contribution < -0.4 is 0 Å². The number of aromatic amines is 1. The molecule has 1 N–H and O–H groups in total. The molecule has 0 amide bonds. The van der Waals surface area contributed by atoms with Crippen molar-refractivity contribution < 1.29 is 9.13 Å². The summed E-state index contributed by atoms with van der Waals surface area (Å²) >= 11 is 9.07. The lowest BCUT2D eigenvalue weighted by molar-refractivity contribution is 0.0383. The van der Waals surface area contributed by atoms with Gasteiger partial charge in [-0.05, 0) is 42.4 Å². The largest absolute Gasteiger partial charge is 0.379 e. The minimum absolute atomic E-state index is 0.105. The molecular formula is C19H21BrFN3OS. The third-order valence-corrected chi connectivity index (χ3v) is 7.01. The third-order valence-electron chi connectivity index (χ3n) is 6.20. The molecule has 2 aromatic rings. The standard InChI is InChI=1S/C19H21BrFN3OS/c20-12-1-2-15(21)13(9-12)19-10-14(19)17-16(22-18(26)24(17)11-19)3-4-23-5-7-25-8-6-23/h1-2,9,14H,3-8,10-11H2,(H,22,26)/t14?,19-/m1/s1. The molecule has 1 unspecified atom stereocenters. The van der Waals surface area contributed by atoms with Gasteiger partial charge in [0.1, 0.15) is 5.82 Å². The van der Waals surface area contributed by atoms with Gasteiger partial charge < -0.3 is 14.3 Å². The van der Waals surface area contributed by atoms with Crippen LogP contribution in [-0.4, -0.2) is 47.3 Å². The maximum absolute atomic E-state index is 14.5. The number of ether oxygens (including phenoxy) is 1. The Hall–Kier alpha value is -1.02. The van der Waals surface area contributed by atoms with Crippen molar-refractivity contribution >= 4 is 28.1 Å². The number of fused-ring (bicyclic) bond motifs is 3. The number of hydrogen-bond acceptors (Lipinski definition) is 3. The first-order valence-corrected chi connectivity index (χ1v) is 10.4. The number of H-pyrrole nitrogens is 1. The van der Waals surface area contributed by atoms with E-state index in [1.54, 1.807) is 12.1 Å². The third kappa shape index (κ3) is 2.63. The van der Waals surface area contributed by atoms with Gasteiger partial charge in [-0.3, -0.25) is 4.90 Å². The summed E-state index contributed by atoms with van der Waals surface area (Å²) in [7, 11) is 0. The van der Waals surface area contributed by atoms with Gasteiger partial charge in [-0.15, -0.1) is 0 Å². The highest BCUT2D eigenvalue weighted by atomic mass is 79.9. The molecule has 1 saturated heterocycles. The molecule has 7 heteroatoms. The van der Waals surface area contributed by atoms with Crippen LogP contribution in [0.3, 0.4) is 0 Å². The van der Waals surface area contributed by atoms with Gasteiger partial charge in [0.15, 0.2) is 4.77 Å². The number of rotatable bonds is 4. The van der Waals surface area contributed by atoms with E-state index < -0.39 is 0 Å². The Morgan fingerprint density at radius 3 is 2.96 bits per heavy atom. The van der Waals surface area contributed by atoms with Crippen LogP contribution in [0.15, 0.2) is 22.7 Å². The number of nitrogens with one attached hydrogen (secondary N) is 1. The summed E-state index contributed by atoms with van der Waals surface area (Å²) in [6.07, 6.45) is 1.97. The zero-order valence-corrected chi connectivity index (χ0v) is 16.8. The lowest BCUT2D eigenvalue weighted by atomic mass is 9.93. The summed E-state index contributed by atoms with van der Waals surface area (Å²) in [6.45, 7) is 5.42. The Labute approximate surface area is 165 Å². The van der Waals surface area contributed by atoms with Crippen LogP contribution in [0.1, 0.15) is 29.3 Å². The van der Waals surface area contributed by atoms with Gasteiger partial charge in [0, 0.05) is 59.8 Å². The van der Waals surface area contributed by atoms with Crippen LogP contribution in [0.2, 0.25) is 0 Å². The van der Waals surface area contributed by atoms with E-state index in [0.29, 0.717) is 5.92 Å². The molecule has 3 aliphatic rings. The summed E-state index contributed by atoms with van der Waals surface area (Å²) in [5.41, 5.74) is 3.26. The molecule has 26 heavy (non-hydrogen) atoms. The predicted octanol–water partition coefficient (Wildman–Crippen LogP) is 3.76. The highest BCUT2D eigenvalue weighted by molar-refractivity contribution is 9.10. The SMILES string of the molecule is Fc1ccc(Br)cc1[C@]12CC1c1c(CCN3CCOCC3)[nH]c(=S)n1C2. The van der Waals surface area contributed by atoms with Crippen molar-refractivity contribution in [1.29, 1.82) is 0 Å². The molecule has 138 valence electrons. The van der Waals surface area contributed by atoms with Crippen molar-refractivity contribution in [3.63, 3.8) is 0 Å². The van der Waals surface area contributed by atoms with E-state index in [0.717, 1.165) is 67.0 Å². The Bertz CT molecular complexity index is 920. The van der Waals surface area contributed by atoms with Gasteiger partial charge in [0.05, 0.1) is 13.2 Å². The van der Waals surface area contributed by atoms with E-state index in [1.165, 1.54) is 11.4 Å². The molecule has 2 aliphatic heterocycles. The van der Waals surface area contributed by atoms with Gasteiger partial charge in [-0.25, -0.2) is 4.39 Å². The van der Waals surface area contributed by atoms with Crippen LogP contribution in [0, 0.1) is 10.6 Å². The average Bonchev–Trinajstić information content (AvgIpc) is 3.14.